The third-order valence-electron chi connectivity index (χ3n) is 5.06. The molecule has 3 aromatic carbocycles. The molecule has 0 spiro atoms. The summed E-state index contributed by atoms with van der Waals surface area (Å²) in [6, 6.07) is 20.2. The Bertz CT molecular complexity index is 1150. The molecular weight excluding hydrogens is 416 g/mol. The zero-order valence-corrected chi connectivity index (χ0v) is 19.7. The van der Waals surface area contributed by atoms with Gasteiger partial charge in [-0.2, -0.15) is 0 Å². The van der Waals surface area contributed by atoms with Crippen LogP contribution in [-0.4, -0.2) is 18.9 Å². The highest BCUT2D eigenvalue weighted by molar-refractivity contribution is 6.05. The third kappa shape index (κ3) is 6.35. The number of ether oxygens (including phenoxy) is 2. The van der Waals surface area contributed by atoms with Crippen molar-refractivity contribution in [3.8, 4) is 11.5 Å². The normalized spacial score (nSPS) is 10.9. The van der Waals surface area contributed by atoms with Gasteiger partial charge in [0.25, 0.3) is 5.91 Å². The van der Waals surface area contributed by atoms with Crippen molar-refractivity contribution in [2.24, 2.45) is 0 Å². The van der Waals surface area contributed by atoms with Gasteiger partial charge in [-0.15, -0.1) is 0 Å². The maximum Gasteiger partial charge on any atom is 0.255 e. The summed E-state index contributed by atoms with van der Waals surface area (Å²) in [5.74, 6) is 1.00. The SMILES string of the molecule is COc1ccc(C(=O)Nc2cccc(NC(C)=O)c2)cc1COc1ccccc1C(C)(C)C. The van der Waals surface area contributed by atoms with Gasteiger partial charge in [-0.25, -0.2) is 0 Å². The molecule has 0 bridgehead atoms. The smallest absolute Gasteiger partial charge is 0.255 e. The number of hydrogen-bond acceptors (Lipinski definition) is 4. The van der Waals surface area contributed by atoms with E-state index in [-0.39, 0.29) is 23.8 Å². The van der Waals surface area contributed by atoms with E-state index in [4.69, 9.17) is 9.47 Å². The molecule has 0 aliphatic rings. The van der Waals surface area contributed by atoms with Crippen LogP contribution in [0, 0.1) is 0 Å². The van der Waals surface area contributed by atoms with Crippen LogP contribution in [0.2, 0.25) is 0 Å². The second-order valence-electron chi connectivity index (χ2n) is 8.78. The molecule has 0 aromatic heterocycles. The fourth-order valence-corrected chi connectivity index (χ4v) is 3.48. The Morgan fingerprint density at radius 2 is 1.55 bits per heavy atom. The lowest BCUT2D eigenvalue weighted by Gasteiger charge is -2.23. The molecule has 0 atom stereocenters. The molecule has 0 unspecified atom stereocenters. The summed E-state index contributed by atoms with van der Waals surface area (Å²) in [4.78, 5) is 24.2. The van der Waals surface area contributed by atoms with E-state index >= 15 is 0 Å². The number of nitrogens with one attached hydrogen (secondary N) is 2. The van der Waals surface area contributed by atoms with Crippen molar-refractivity contribution < 1.29 is 19.1 Å². The van der Waals surface area contributed by atoms with Crippen molar-refractivity contribution in [3.05, 3.63) is 83.4 Å². The van der Waals surface area contributed by atoms with Gasteiger partial charge in [-0.1, -0.05) is 45.0 Å². The highest BCUT2D eigenvalue weighted by Gasteiger charge is 2.19. The highest BCUT2D eigenvalue weighted by Crippen LogP contribution is 2.32. The lowest BCUT2D eigenvalue weighted by Crippen LogP contribution is -2.14. The summed E-state index contributed by atoms with van der Waals surface area (Å²) in [5.41, 5.74) is 3.48. The Kier molecular flexibility index (Phi) is 7.38. The van der Waals surface area contributed by atoms with Gasteiger partial charge in [-0.05, 0) is 53.4 Å². The van der Waals surface area contributed by atoms with Gasteiger partial charge in [0, 0.05) is 29.4 Å². The standard InChI is InChI=1S/C27H30N2O4/c1-18(30)28-21-9-8-10-22(16-21)29-26(31)19-13-14-24(32-5)20(15-19)17-33-25-12-7-6-11-23(25)27(2,3)4/h6-16H,17H2,1-5H3,(H,28,30)(H,29,31). The Labute approximate surface area is 194 Å². The molecular formula is C27H30N2O4. The van der Waals surface area contributed by atoms with E-state index in [0.29, 0.717) is 22.7 Å². The lowest BCUT2D eigenvalue weighted by atomic mass is 9.86. The van der Waals surface area contributed by atoms with Gasteiger partial charge in [0.05, 0.1) is 7.11 Å². The van der Waals surface area contributed by atoms with Gasteiger partial charge in [-0.3, -0.25) is 9.59 Å². The molecule has 2 amide bonds. The van der Waals surface area contributed by atoms with Crippen molar-refractivity contribution in [2.75, 3.05) is 17.7 Å². The molecule has 3 aromatic rings. The monoisotopic (exact) mass is 446 g/mol. The molecule has 172 valence electrons. The van der Waals surface area contributed by atoms with E-state index in [2.05, 4.69) is 37.5 Å². The molecule has 0 fully saturated rings. The molecule has 0 aliphatic heterocycles. The first-order valence-electron chi connectivity index (χ1n) is 10.8. The van der Waals surface area contributed by atoms with Crippen LogP contribution in [0.5, 0.6) is 11.5 Å². The first-order chi connectivity index (χ1) is 15.7. The van der Waals surface area contributed by atoms with Crippen LogP contribution in [-0.2, 0) is 16.8 Å². The molecule has 2 N–H and O–H groups in total. The number of rotatable bonds is 7. The topological polar surface area (TPSA) is 76.7 Å². The van der Waals surface area contributed by atoms with E-state index in [1.165, 1.54) is 6.92 Å². The maximum atomic E-state index is 12.9. The van der Waals surface area contributed by atoms with Crippen LogP contribution in [0.4, 0.5) is 11.4 Å². The average Bonchev–Trinajstić information content (AvgIpc) is 2.76. The van der Waals surface area contributed by atoms with Gasteiger partial charge < -0.3 is 20.1 Å². The van der Waals surface area contributed by atoms with Crippen LogP contribution < -0.4 is 20.1 Å². The predicted molar refractivity (Wildman–Crippen MR) is 131 cm³/mol. The number of amides is 2. The van der Waals surface area contributed by atoms with Crippen LogP contribution in [0.3, 0.4) is 0 Å². The van der Waals surface area contributed by atoms with Crippen LogP contribution in [0.15, 0.2) is 66.7 Å². The number of carbonyl (C=O) groups is 2. The number of hydrogen-bond donors (Lipinski definition) is 2. The van der Waals surface area contributed by atoms with E-state index in [1.807, 2.05) is 18.2 Å². The number of anilines is 2. The summed E-state index contributed by atoms with van der Waals surface area (Å²) in [6.45, 7) is 8.12. The second kappa shape index (κ2) is 10.2. The largest absolute Gasteiger partial charge is 0.496 e. The van der Waals surface area contributed by atoms with E-state index in [9.17, 15) is 9.59 Å². The van der Waals surface area contributed by atoms with E-state index in [0.717, 1.165) is 16.9 Å². The first kappa shape index (κ1) is 23.9. The van der Waals surface area contributed by atoms with Crippen molar-refractivity contribution in [2.45, 2.75) is 39.7 Å². The second-order valence-corrected chi connectivity index (χ2v) is 8.78. The minimum atomic E-state index is -0.269. The average molecular weight is 447 g/mol. The van der Waals surface area contributed by atoms with Crippen LogP contribution in [0.25, 0.3) is 0 Å². The van der Waals surface area contributed by atoms with Crippen molar-refractivity contribution in [1.82, 2.24) is 0 Å². The summed E-state index contributed by atoms with van der Waals surface area (Å²) in [5, 5.41) is 5.57. The minimum absolute atomic E-state index is 0.0613. The molecule has 33 heavy (non-hydrogen) atoms. The summed E-state index contributed by atoms with van der Waals surface area (Å²) in [6.07, 6.45) is 0. The molecule has 6 nitrogen and oxygen atoms in total. The van der Waals surface area contributed by atoms with Crippen molar-refractivity contribution in [1.29, 1.82) is 0 Å². The fraction of sp³-hybridized carbons (Fsp3) is 0.259. The summed E-state index contributed by atoms with van der Waals surface area (Å²) in [7, 11) is 1.59. The van der Waals surface area contributed by atoms with Crippen molar-refractivity contribution >= 4 is 23.2 Å². The molecule has 3 rings (SSSR count). The molecule has 0 aliphatic carbocycles. The molecule has 0 saturated carbocycles. The minimum Gasteiger partial charge on any atom is -0.496 e. The third-order valence-corrected chi connectivity index (χ3v) is 5.06. The predicted octanol–water partition coefficient (Wildman–Crippen LogP) is 5.78. The zero-order chi connectivity index (χ0) is 24.0. The Hall–Kier alpha value is -3.80. The van der Waals surface area contributed by atoms with Crippen molar-refractivity contribution in [3.63, 3.8) is 0 Å². The number of carbonyl (C=O) groups excluding carboxylic acids is 2. The summed E-state index contributed by atoms with van der Waals surface area (Å²) >= 11 is 0. The quantitative estimate of drug-likeness (QED) is 0.482. The Morgan fingerprint density at radius 1 is 0.848 bits per heavy atom. The first-order valence-corrected chi connectivity index (χ1v) is 10.8. The Morgan fingerprint density at radius 3 is 2.21 bits per heavy atom. The van der Waals surface area contributed by atoms with Gasteiger partial charge in [0.15, 0.2) is 0 Å². The zero-order valence-electron chi connectivity index (χ0n) is 19.7. The number of methoxy groups -OCH3 is 1. The van der Waals surface area contributed by atoms with Gasteiger partial charge in [0.1, 0.15) is 18.1 Å². The van der Waals surface area contributed by atoms with Crippen LogP contribution in [0.1, 0.15) is 49.2 Å². The molecule has 0 saturated heterocycles. The van der Waals surface area contributed by atoms with Crippen LogP contribution >= 0.6 is 0 Å². The van der Waals surface area contributed by atoms with Gasteiger partial charge >= 0.3 is 0 Å². The van der Waals surface area contributed by atoms with E-state index in [1.54, 1.807) is 49.6 Å². The molecule has 0 radical (unpaired) electrons. The highest BCUT2D eigenvalue weighted by atomic mass is 16.5. The van der Waals surface area contributed by atoms with Gasteiger partial charge in [0.2, 0.25) is 5.91 Å². The summed E-state index contributed by atoms with van der Waals surface area (Å²) < 4.78 is 11.6. The maximum absolute atomic E-state index is 12.9. The molecule has 6 heteroatoms. The van der Waals surface area contributed by atoms with E-state index < -0.39 is 0 Å². The fourth-order valence-electron chi connectivity index (χ4n) is 3.48. The number of para-hydroxylation sites is 1. The molecule has 0 heterocycles. The lowest BCUT2D eigenvalue weighted by molar-refractivity contribution is -0.114. The number of benzene rings is 3. The Balaban J connectivity index is 1.79.